The van der Waals surface area contributed by atoms with Crippen LogP contribution in [0.1, 0.15) is 58.6 Å². The molecule has 0 aliphatic carbocycles. The molecule has 1 atom stereocenters. The highest BCUT2D eigenvalue weighted by Crippen LogP contribution is 2.35. The molecule has 1 aromatic rings. The lowest BCUT2D eigenvalue weighted by Crippen LogP contribution is -2.26. The van der Waals surface area contributed by atoms with E-state index in [4.69, 9.17) is 5.73 Å². The second kappa shape index (κ2) is 4.81. The molecule has 1 rings (SSSR count). The van der Waals surface area contributed by atoms with Gasteiger partial charge in [-0.05, 0) is 28.5 Å². The smallest absolute Gasteiger partial charge is 0.000978 e. The molecule has 0 fully saturated rings. The highest BCUT2D eigenvalue weighted by atomic mass is 14.6. The minimum absolute atomic E-state index is 0.220. The van der Waals surface area contributed by atoms with Crippen molar-refractivity contribution in [2.75, 3.05) is 6.54 Å². The lowest BCUT2D eigenvalue weighted by molar-refractivity contribution is 0.325. The van der Waals surface area contributed by atoms with E-state index >= 15 is 0 Å². The Morgan fingerprint density at radius 2 is 1.41 bits per heavy atom. The molecule has 2 N–H and O–H groups in total. The van der Waals surface area contributed by atoms with Crippen molar-refractivity contribution in [3.63, 3.8) is 0 Å². The molecular formula is C16H27N. The summed E-state index contributed by atoms with van der Waals surface area (Å²) >= 11 is 0. The Bertz CT molecular complexity index is 349. The summed E-state index contributed by atoms with van der Waals surface area (Å²) in [4.78, 5) is 0. The molecule has 0 saturated heterocycles. The van der Waals surface area contributed by atoms with Crippen LogP contribution in [0.25, 0.3) is 0 Å². The van der Waals surface area contributed by atoms with Crippen molar-refractivity contribution in [3.8, 4) is 0 Å². The molecule has 1 heteroatoms. The number of hydrogen-bond donors (Lipinski definition) is 1. The minimum atomic E-state index is 0.220. The van der Waals surface area contributed by atoms with Gasteiger partial charge >= 0.3 is 0 Å². The zero-order valence-corrected chi connectivity index (χ0v) is 12.2. The van der Waals surface area contributed by atoms with Gasteiger partial charge in [-0.15, -0.1) is 0 Å². The van der Waals surface area contributed by atoms with Gasteiger partial charge in [-0.25, -0.2) is 0 Å². The summed E-state index contributed by atoms with van der Waals surface area (Å²) in [7, 11) is 0. The SMILES string of the molecule is CC(C)(C)c1ccc(C(CN)C(C)(C)C)cc1. The number of hydrogen-bond acceptors (Lipinski definition) is 1. The van der Waals surface area contributed by atoms with Gasteiger partial charge in [-0.2, -0.15) is 0 Å². The summed E-state index contributed by atoms with van der Waals surface area (Å²) in [6.07, 6.45) is 0. The van der Waals surface area contributed by atoms with Crippen LogP contribution in [-0.2, 0) is 5.41 Å². The fraction of sp³-hybridized carbons (Fsp3) is 0.625. The first kappa shape index (κ1) is 14.2. The average Bonchev–Trinajstić information content (AvgIpc) is 2.16. The van der Waals surface area contributed by atoms with E-state index in [9.17, 15) is 0 Å². The van der Waals surface area contributed by atoms with Gasteiger partial charge in [0.2, 0.25) is 0 Å². The molecule has 0 heterocycles. The predicted molar refractivity (Wildman–Crippen MR) is 76.4 cm³/mol. The lowest BCUT2D eigenvalue weighted by atomic mass is 9.76. The third-order valence-corrected chi connectivity index (χ3v) is 3.46. The summed E-state index contributed by atoms with van der Waals surface area (Å²) in [5.41, 5.74) is 9.09. The van der Waals surface area contributed by atoms with Crippen molar-refractivity contribution in [2.24, 2.45) is 11.1 Å². The predicted octanol–water partition coefficient (Wildman–Crippen LogP) is 4.07. The van der Waals surface area contributed by atoms with Crippen LogP contribution >= 0.6 is 0 Å². The molecule has 0 spiro atoms. The van der Waals surface area contributed by atoms with Crippen molar-refractivity contribution in [3.05, 3.63) is 35.4 Å². The summed E-state index contributed by atoms with van der Waals surface area (Å²) in [6.45, 7) is 14.2. The summed E-state index contributed by atoms with van der Waals surface area (Å²) in [6, 6.07) is 8.96. The van der Waals surface area contributed by atoms with Crippen LogP contribution in [0.3, 0.4) is 0 Å². The van der Waals surface area contributed by atoms with E-state index in [0.29, 0.717) is 12.5 Å². The fourth-order valence-corrected chi connectivity index (χ4v) is 2.21. The van der Waals surface area contributed by atoms with Crippen LogP contribution < -0.4 is 5.73 Å². The van der Waals surface area contributed by atoms with E-state index in [1.807, 2.05) is 0 Å². The topological polar surface area (TPSA) is 26.0 Å². The van der Waals surface area contributed by atoms with E-state index in [2.05, 4.69) is 65.8 Å². The molecule has 0 bridgehead atoms. The average molecular weight is 233 g/mol. The molecule has 0 saturated carbocycles. The Balaban J connectivity index is 3.02. The second-order valence-electron chi connectivity index (χ2n) is 7.03. The molecule has 0 amide bonds. The van der Waals surface area contributed by atoms with E-state index in [1.165, 1.54) is 11.1 Å². The standard InChI is InChI=1S/C16H27N/c1-15(2,3)13-9-7-12(8-10-13)14(11-17)16(4,5)6/h7-10,14H,11,17H2,1-6H3. The normalized spacial score (nSPS) is 14.8. The lowest BCUT2D eigenvalue weighted by Gasteiger charge is -2.30. The van der Waals surface area contributed by atoms with Crippen LogP contribution in [0.5, 0.6) is 0 Å². The Hall–Kier alpha value is -0.820. The minimum Gasteiger partial charge on any atom is -0.330 e. The largest absolute Gasteiger partial charge is 0.330 e. The zero-order valence-electron chi connectivity index (χ0n) is 12.2. The van der Waals surface area contributed by atoms with Gasteiger partial charge in [0.25, 0.3) is 0 Å². The van der Waals surface area contributed by atoms with Gasteiger partial charge in [0.1, 0.15) is 0 Å². The molecule has 0 aliphatic rings. The third kappa shape index (κ3) is 3.57. The van der Waals surface area contributed by atoms with Crippen LogP contribution in [0.4, 0.5) is 0 Å². The molecule has 17 heavy (non-hydrogen) atoms. The molecule has 0 aromatic heterocycles. The number of nitrogens with two attached hydrogens (primary N) is 1. The third-order valence-electron chi connectivity index (χ3n) is 3.46. The van der Waals surface area contributed by atoms with Crippen molar-refractivity contribution >= 4 is 0 Å². The van der Waals surface area contributed by atoms with Crippen molar-refractivity contribution in [1.29, 1.82) is 0 Å². The van der Waals surface area contributed by atoms with Gasteiger partial charge in [0.05, 0.1) is 0 Å². The first-order valence-electron chi connectivity index (χ1n) is 6.47. The van der Waals surface area contributed by atoms with Crippen LogP contribution in [0, 0.1) is 5.41 Å². The molecular weight excluding hydrogens is 206 g/mol. The van der Waals surface area contributed by atoms with E-state index < -0.39 is 0 Å². The molecule has 0 aliphatic heterocycles. The molecule has 0 radical (unpaired) electrons. The second-order valence-corrected chi connectivity index (χ2v) is 7.03. The number of benzene rings is 1. The van der Waals surface area contributed by atoms with E-state index in [0.717, 1.165) is 0 Å². The maximum Gasteiger partial charge on any atom is 0.000978 e. The maximum atomic E-state index is 5.91. The number of rotatable bonds is 2. The Labute approximate surface area is 106 Å². The highest BCUT2D eigenvalue weighted by Gasteiger charge is 2.25. The first-order valence-corrected chi connectivity index (χ1v) is 6.47. The monoisotopic (exact) mass is 233 g/mol. The first-order chi connectivity index (χ1) is 7.66. The van der Waals surface area contributed by atoms with Crippen molar-refractivity contribution < 1.29 is 0 Å². The molecule has 96 valence electrons. The van der Waals surface area contributed by atoms with E-state index in [1.54, 1.807) is 0 Å². The van der Waals surface area contributed by atoms with Gasteiger partial charge < -0.3 is 5.73 Å². The Morgan fingerprint density at radius 1 is 0.941 bits per heavy atom. The summed E-state index contributed by atoms with van der Waals surface area (Å²) in [5, 5.41) is 0. The summed E-state index contributed by atoms with van der Waals surface area (Å²) < 4.78 is 0. The van der Waals surface area contributed by atoms with Crippen molar-refractivity contribution in [2.45, 2.75) is 52.9 Å². The van der Waals surface area contributed by atoms with Gasteiger partial charge in [-0.3, -0.25) is 0 Å². The molecule has 1 aromatic carbocycles. The molecule has 1 nitrogen and oxygen atoms in total. The summed E-state index contributed by atoms with van der Waals surface area (Å²) in [5.74, 6) is 0.427. The highest BCUT2D eigenvalue weighted by molar-refractivity contribution is 5.30. The van der Waals surface area contributed by atoms with Crippen LogP contribution in [-0.4, -0.2) is 6.54 Å². The van der Waals surface area contributed by atoms with Gasteiger partial charge in [-0.1, -0.05) is 65.8 Å². The van der Waals surface area contributed by atoms with Crippen LogP contribution in [0.15, 0.2) is 24.3 Å². The van der Waals surface area contributed by atoms with Gasteiger partial charge in [0, 0.05) is 5.92 Å². The zero-order chi connectivity index (χ0) is 13.3. The quantitative estimate of drug-likeness (QED) is 0.818. The van der Waals surface area contributed by atoms with E-state index in [-0.39, 0.29) is 10.8 Å². The van der Waals surface area contributed by atoms with Crippen molar-refractivity contribution in [1.82, 2.24) is 0 Å². The van der Waals surface area contributed by atoms with Gasteiger partial charge in [0.15, 0.2) is 0 Å². The Kier molecular flexibility index (Phi) is 4.03. The fourth-order valence-electron chi connectivity index (χ4n) is 2.21. The van der Waals surface area contributed by atoms with Crippen LogP contribution in [0.2, 0.25) is 0 Å². The maximum absolute atomic E-state index is 5.91. The molecule has 1 unspecified atom stereocenters. The Morgan fingerprint density at radius 3 is 1.71 bits per heavy atom.